The van der Waals surface area contributed by atoms with Crippen molar-refractivity contribution in [3.8, 4) is 17.2 Å². The molecular weight excluding hydrogens is 408 g/mol. The van der Waals surface area contributed by atoms with E-state index in [4.69, 9.17) is 9.47 Å². The molecule has 2 aliphatic rings. The van der Waals surface area contributed by atoms with Crippen molar-refractivity contribution in [1.29, 1.82) is 0 Å². The molecule has 0 unspecified atom stereocenters. The van der Waals surface area contributed by atoms with E-state index >= 15 is 0 Å². The van der Waals surface area contributed by atoms with Crippen LogP contribution in [0.1, 0.15) is 24.0 Å². The van der Waals surface area contributed by atoms with E-state index in [1.54, 1.807) is 25.1 Å². The molecular formula is C25H20N2O3S. The molecule has 0 amide bonds. The van der Waals surface area contributed by atoms with E-state index in [1.165, 1.54) is 0 Å². The maximum absolute atomic E-state index is 13.8. The van der Waals surface area contributed by atoms with Crippen molar-refractivity contribution in [1.82, 2.24) is 9.55 Å². The van der Waals surface area contributed by atoms with Gasteiger partial charge in [0.15, 0.2) is 5.43 Å². The van der Waals surface area contributed by atoms with E-state index in [-0.39, 0.29) is 11.3 Å². The fourth-order valence-electron chi connectivity index (χ4n) is 4.83. The summed E-state index contributed by atoms with van der Waals surface area (Å²) in [7, 11) is 1.67. The van der Waals surface area contributed by atoms with Gasteiger partial charge < -0.3 is 9.47 Å². The first-order valence-corrected chi connectivity index (χ1v) is 11.2. The van der Waals surface area contributed by atoms with Crippen LogP contribution in [-0.2, 0) is 5.60 Å². The van der Waals surface area contributed by atoms with Crippen molar-refractivity contribution in [2.24, 2.45) is 0 Å². The van der Waals surface area contributed by atoms with E-state index in [0.717, 1.165) is 33.5 Å². The molecule has 31 heavy (non-hydrogen) atoms. The van der Waals surface area contributed by atoms with Crippen molar-refractivity contribution in [2.75, 3.05) is 12.9 Å². The summed E-state index contributed by atoms with van der Waals surface area (Å²) in [5.41, 5.74) is 2.68. The number of nitrogens with zero attached hydrogens (tertiary/aromatic N) is 2. The lowest BCUT2D eigenvalue weighted by Crippen LogP contribution is -2.42. The summed E-state index contributed by atoms with van der Waals surface area (Å²) in [5, 5.41) is 1.51. The van der Waals surface area contributed by atoms with Crippen LogP contribution in [0.5, 0.6) is 11.5 Å². The third-order valence-electron chi connectivity index (χ3n) is 6.36. The van der Waals surface area contributed by atoms with Gasteiger partial charge in [-0.15, -0.1) is 11.8 Å². The number of fused-ring (bicyclic) bond motifs is 6. The Morgan fingerprint density at radius 2 is 2.00 bits per heavy atom. The lowest BCUT2D eigenvalue weighted by molar-refractivity contribution is 0.0865. The largest absolute Gasteiger partial charge is 0.497 e. The average molecular weight is 429 g/mol. The van der Waals surface area contributed by atoms with Crippen LogP contribution in [0.3, 0.4) is 0 Å². The molecule has 0 fully saturated rings. The van der Waals surface area contributed by atoms with Crippen LogP contribution in [0.25, 0.3) is 16.7 Å². The van der Waals surface area contributed by atoms with Crippen molar-refractivity contribution in [3.63, 3.8) is 0 Å². The molecule has 5 nitrogen and oxygen atoms in total. The summed E-state index contributed by atoms with van der Waals surface area (Å²) in [6.45, 7) is 2.04. The summed E-state index contributed by atoms with van der Waals surface area (Å²) in [6.07, 6.45) is 1.74. The highest BCUT2D eigenvalue weighted by Gasteiger charge is 2.52. The Labute approximate surface area is 183 Å². The second-order valence-corrected chi connectivity index (χ2v) is 9.04. The Bertz CT molecular complexity index is 1400. The molecule has 2 atom stereocenters. The van der Waals surface area contributed by atoms with E-state index in [9.17, 15) is 4.79 Å². The minimum Gasteiger partial charge on any atom is -0.497 e. The SMILES string of the molecule is COc1ccc2c(c1)[C@@H]1CSc3c(c(=O)c4cccnc4n3-c3ccccc3)[C@]1(C)O2. The highest BCUT2D eigenvalue weighted by atomic mass is 32.2. The van der Waals surface area contributed by atoms with Gasteiger partial charge in [-0.05, 0) is 49.4 Å². The highest BCUT2D eigenvalue weighted by molar-refractivity contribution is 7.99. The maximum atomic E-state index is 13.8. The van der Waals surface area contributed by atoms with Crippen LogP contribution in [0.15, 0.2) is 76.7 Å². The number of methoxy groups -OCH3 is 1. The van der Waals surface area contributed by atoms with Gasteiger partial charge in [-0.2, -0.15) is 0 Å². The lowest BCUT2D eigenvalue weighted by Gasteiger charge is -2.37. The molecule has 154 valence electrons. The van der Waals surface area contributed by atoms with Crippen LogP contribution < -0.4 is 14.9 Å². The number of benzene rings is 2. The van der Waals surface area contributed by atoms with Gasteiger partial charge >= 0.3 is 0 Å². The molecule has 0 radical (unpaired) electrons. The van der Waals surface area contributed by atoms with Crippen LogP contribution >= 0.6 is 11.8 Å². The van der Waals surface area contributed by atoms with Gasteiger partial charge in [-0.1, -0.05) is 18.2 Å². The number of aromatic nitrogens is 2. The minimum atomic E-state index is -0.757. The van der Waals surface area contributed by atoms with Gasteiger partial charge in [-0.25, -0.2) is 4.98 Å². The molecule has 2 aliphatic heterocycles. The zero-order chi connectivity index (χ0) is 21.2. The van der Waals surface area contributed by atoms with Gasteiger partial charge in [0.05, 0.1) is 23.1 Å². The average Bonchev–Trinajstić information content (AvgIpc) is 3.11. The highest BCUT2D eigenvalue weighted by Crippen LogP contribution is 2.57. The quantitative estimate of drug-likeness (QED) is 0.455. The van der Waals surface area contributed by atoms with E-state index in [1.807, 2.05) is 67.6 Å². The number of pyridine rings is 2. The second kappa shape index (κ2) is 6.62. The number of hydrogen-bond donors (Lipinski definition) is 0. The molecule has 0 saturated heterocycles. The molecule has 0 aliphatic carbocycles. The predicted molar refractivity (Wildman–Crippen MR) is 122 cm³/mol. The van der Waals surface area contributed by atoms with Gasteiger partial charge in [-0.3, -0.25) is 9.36 Å². The first-order valence-electron chi connectivity index (χ1n) is 10.2. The molecule has 4 aromatic rings. The molecule has 2 aromatic heterocycles. The first kappa shape index (κ1) is 18.5. The van der Waals surface area contributed by atoms with E-state index < -0.39 is 5.60 Å². The zero-order valence-electron chi connectivity index (χ0n) is 17.2. The number of thioether (sulfide) groups is 1. The van der Waals surface area contributed by atoms with Gasteiger partial charge in [0.1, 0.15) is 22.7 Å². The van der Waals surface area contributed by atoms with Crippen LogP contribution in [-0.4, -0.2) is 22.4 Å². The third-order valence-corrected chi connectivity index (χ3v) is 7.52. The Balaban J connectivity index is 1.67. The third kappa shape index (κ3) is 2.51. The summed E-state index contributed by atoms with van der Waals surface area (Å²) in [6, 6.07) is 19.6. The van der Waals surface area contributed by atoms with Crippen LogP contribution in [0.4, 0.5) is 0 Å². The molecule has 0 saturated carbocycles. The van der Waals surface area contributed by atoms with E-state index in [2.05, 4.69) is 9.55 Å². The van der Waals surface area contributed by atoms with Crippen LogP contribution in [0.2, 0.25) is 0 Å². The maximum Gasteiger partial charge on any atom is 0.199 e. The fraction of sp³-hybridized carbons (Fsp3) is 0.200. The number of rotatable bonds is 2. The van der Waals surface area contributed by atoms with Gasteiger partial charge in [0.2, 0.25) is 0 Å². The Kier molecular flexibility index (Phi) is 3.96. The van der Waals surface area contributed by atoms with E-state index in [0.29, 0.717) is 16.6 Å². The Hall–Kier alpha value is -3.25. The molecule has 0 N–H and O–H groups in total. The predicted octanol–water partition coefficient (Wildman–Crippen LogP) is 4.89. The van der Waals surface area contributed by atoms with Crippen molar-refractivity contribution in [3.05, 3.63) is 88.2 Å². The minimum absolute atomic E-state index is 0.00949. The number of ether oxygens (including phenoxy) is 2. The topological polar surface area (TPSA) is 53.3 Å². The van der Waals surface area contributed by atoms with Crippen molar-refractivity contribution in [2.45, 2.75) is 23.5 Å². The Morgan fingerprint density at radius 1 is 1.16 bits per heavy atom. The Morgan fingerprint density at radius 3 is 2.81 bits per heavy atom. The first-order chi connectivity index (χ1) is 15.1. The monoisotopic (exact) mass is 428 g/mol. The standard InChI is InChI=1S/C25H20N2O3S/c1-25-19(18-13-16(29-2)10-11-20(18)30-25)14-31-24-21(25)22(28)17-9-6-12-26-23(17)27(24)15-7-4-3-5-8-15/h3-13,19H,14H2,1-2H3/t19-,25+/m0/s1. The zero-order valence-corrected chi connectivity index (χ0v) is 18.0. The molecule has 6 heteroatoms. The summed E-state index contributed by atoms with van der Waals surface area (Å²) in [5.74, 6) is 2.47. The van der Waals surface area contributed by atoms with Crippen molar-refractivity contribution < 1.29 is 9.47 Å². The van der Waals surface area contributed by atoms with Crippen molar-refractivity contribution >= 4 is 22.8 Å². The van der Waals surface area contributed by atoms with Crippen LogP contribution in [0, 0.1) is 0 Å². The summed E-state index contributed by atoms with van der Waals surface area (Å²) in [4.78, 5) is 18.4. The molecule has 4 heterocycles. The molecule has 6 rings (SSSR count). The summed E-state index contributed by atoms with van der Waals surface area (Å²) >= 11 is 1.69. The van der Waals surface area contributed by atoms with Gasteiger partial charge in [0.25, 0.3) is 0 Å². The normalized spacial score (nSPS) is 21.2. The summed E-state index contributed by atoms with van der Waals surface area (Å²) < 4.78 is 14.1. The molecule has 0 bridgehead atoms. The van der Waals surface area contributed by atoms with Gasteiger partial charge in [0, 0.05) is 29.1 Å². The smallest absolute Gasteiger partial charge is 0.199 e. The molecule has 0 spiro atoms. The lowest BCUT2D eigenvalue weighted by atomic mass is 9.81. The number of para-hydroxylation sites is 1. The second-order valence-electron chi connectivity index (χ2n) is 8.03. The molecule has 2 aromatic carbocycles. The fourth-order valence-corrected chi connectivity index (χ4v) is 6.42. The number of hydrogen-bond acceptors (Lipinski definition) is 5.